The Hall–Kier alpha value is -2.32. The van der Waals surface area contributed by atoms with Gasteiger partial charge in [0, 0.05) is 22.6 Å². The van der Waals surface area contributed by atoms with Crippen molar-refractivity contribution in [2.24, 2.45) is 10.2 Å². The fourth-order valence-corrected chi connectivity index (χ4v) is 3.76. The summed E-state index contributed by atoms with van der Waals surface area (Å²) in [6.07, 6.45) is 4.28. The van der Waals surface area contributed by atoms with E-state index in [0.29, 0.717) is 12.8 Å². The predicted octanol–water partition coefficient (Wildman–Crippen LogP) is 4.53. The van der Waals surface area contributed by atoms with Crippen LogP contribution in [0.5, 0.6) is 0 Å². The highest BCUT2D eigenvalue weighted by Crippen LogP contribution is 2.10. The lowest BCUT2D eigenvalue weighted by Crippen LogP contribution is -2.19. The lowest BCUT2D eigenvalue weighted by Gasteiger charge is -2.03. The lowest BCUT2D eigenvalue weighted by atomic mass is 10.1. The SMILES string of the molecule is CC(=NNC(=O)CCCCCCC(=O)NN=C(C)c1cccs1)c1cccs1. The average molecular weight is 419 g/mol. The van der Waals surface area contributed by atoms with E-state index >= 15 is 0 Å². The molecule has 2 N–H and O–H groups in total. The summed E-state index contributed by atoms with van der Waals surface area (Å²) in [6.45, 7) is 3.76. The van der Waals surface area contributed by atoms with E-state index in [9.17, 15) is 9.59 Å². The van der Waals surface area contributed by atoms with Crippen molar-refractivity contribution in [1.82, 2.24) is 10.9 Å². The standard InChI is InChI=1S/C20H26N4O2S2/c1-15(17-9-7-13-27-17)21-23-19(25)11-5-3-4-6-12-20(26)24-22-16(2)18-10-8-14-28-18/h7-10,13-14H,3-6,11-12H2,1-2H3,(H,23,25)(H,24,26). The molecule has 0 aromatic carbocycles. The number of hydrogen-bond donors (Lipinski definition) is 2. The van der Waals surface area contributed by atoms with E-state index in [4.69, 9.17) is 0 Å². The van der Waals surface area contributed by atoms with Crippen LogP contribution in [0.25, 0.3) is 0 Å². The quantitative estimate of drug-likeness (QED) is 0.319. The number of carbonyl (C=O) groups excluding carboxylic acids is 2. The summed E-state index contributed by atoms with van der Waals surface area (Å²) in [7, 11) is 0. The third-order valence-electron chi connectivity index (χ3n) is 4.01. The van der Waals surface area contributed by atoms with Crippen LogP contribution in [-0.4, -0.2) is 23.2 Å². The van der Waals surface area contributed by atoms with Crippen molar-refractivity contribution in [3.05, 3.63) is 44.8 Å². The zero-order valence-corrected chi connectivity index (χ0v) is 17.9. The summed E-state index contributed by atoms with van der Waals surface area (Å²) in [5.74, 6) is -0.154. The monoisotopic (exact) mass is 418 g/mol. The Bertz CT molecular complexity index is 728. The van der Waals surface area contributed by atoms with Gasteiger partial charge in [-0.25, -0.2) is 10.9 Å². The van der Waals surface area contributed by atoms with Crippen LogP contribution >= 0.6 is 22.7 Å². The largest absolute Gasteiger partial charge is 0.273 e. The van der Waals surface area contributed by atoms with Gasteiger partial charge in [-0.1, -0.05) is 25.0 Å². The van der Waals surface area contributed by atoms with Gasteiger partial charge in [-0.15, -0.1) is 22.7 Å². The number of nitrogens with zero attached hydrogens (tertiary/aromatic N) is 2. The number of thiophene rings is 2. The van der Waals surface area contributed by atoms with E-state index in [0.717, 1.165) is 46.9 Å². The lowest BCUT2D eigenvalue weighted by molar-refractivity contribution is -0.122. The summed E-state index contributed by atoms with van der Waals surface area (Å²) in [5, 5.41) is 12.2. The first-order valence-corrected chi connectivity index (χ1v) is 11.1. The first-order valence-electron chi connectivity index (χ1n) is 9.30. The zero-order chi connectivity index (χ0) is 20.2. The Labute approximate surface area is 173 Å². The van der Waals surface area contributed by atoms with Crippen molar-refractivity contribution in [3.8, 4) is 0 Å². The molecule has 2 amide bonds. The average Bonchev–Trinajstić information content (AvgIpc) is 3.40. The van der Waals surface area contributed by atoms with Gasteiger partial charge in [0.15, 0.2) is 0 Å². The van der Waals surface area contributed by atoms with E-state index < -0.39 is 0 Å². The van der Waals surface area contributed by atoms with E-state index in [1.165, 1.54) is 0 Å². The Balaban J connectivity index is 1.52. The van der Waals surface area contributed by atoms with Gasteiger partial charge in [0.1, 0.15) is 0 Å². The van der Waals surface area contributed by atoms with Gasteiger partial charge in [0.25, 0.3) is 0 Å². The van der Waals surface area contributed by atoms with Gasteiger partial charge in [0.05, 0.1) is 11.4 Å². The van der Waals surface area contributed by atoms with Crippen LogP contribution in [-0.2, 0) is 9.59 Å². The molecule has 0 aliphatic carbocycles. The minimum Gasteiger partial charge on any atom is -0.273 e. The fraction of sp³-hybridized carbons (Fsp3) is 0.400. The molecule has 0 radical (unpaired) electrons. The van der Waals surface area contributed by atoms with E-state index in [2.05, 4.69) is 21.1 Å². The predicted molar refractivity (Wildman–Crippen MR) is 117 cm³/mol. The summed E-state index contributed by atoms with van der Waals surface area (Å²) in [5.41, 5.74) is 6.82. The topological polar surface area (TPSA) is 82.9 Å². The van der Waals surface area contributed by atoms with Crippen LogP contribution in [0.15, 0.2) is 45.2 Å². The molecule has 0 saturated heterocycles. The maximum Gasteiger partial charge on any atom is 0.240 e. The van der Waals surface area contributed by atoms with Gasteiger partial charge in [-0.2, -0.15) is 10.2 Å². The second-order valence-corrected chi connectivity index (χ2v) is 8.23. The highest BCUT2D eigenvalue weighted by molar-refractivity contribution is 7.12. The van der Waals surface area contributed by atoms with Crippen LogP contribution in [0.3, 0.4) is 0 Å². The molecule has 2 aromatic rings. The van der Waals surface area contributed by atoms with E-state index in [1.54, 1.807) is 22.7 Å². The molecule has 28 heavy (non-hydrogen) atoms. The number of carbonyl (C=O) groups is 2. The van der Waals surface area contributed by atoms with Crippen LogP contribution in [0.2, 0.25) is 0 Å². The maximum absolute atomic E-state index is 11.8. The van der Waals surface area contributed by atoms with Crippen molar-refractivity contribution < 1.29 is 9.59 Å². The van der Waals surface area contributed by atoms with Crippen molar-refractivity contribution in [1.29, 1.82) is 0 Å². The van der Waals surface area contributed by atoms with Crippen LogP contribution < -0.4 is 10.9 Å². The van der Waals surface area contributed by atoms with Crippen LogP contribution in [0, 0.1) is 0 Å². The Morgan fingerprint density at radius 1 is 0.786 bits per heavy atom. The molecular formula is C20H26N4O2S2. The molecule has 0 aliphatic heterocycles. The van der Waals surface area contributed by atoms with E-state index in [1.807, 2.05) is 48.9 Å². The Morgan fingerprint density at radius 2 is 1.21 bits per heavy atom. The zero-order valence-electron chi connectivity index (χ0n) is 16.2. The van der Waals surface area contributed by atoms with Crippen molar-refractivity contribution in [2.45, 2.75) is 52.4 Å². The molecule has 8 heteroatoms. The van der Waals surface area contributed by atoms with Crippen LogP contribution in [0.1, 0.15) is 62.1 Å². The van der Waals surface area contributed by atoms with Crippen molar-refractivity contribution in [3.63, 3.8) is 0 Å². The number of hydrazone groups is 2. The Kier molecular flexibility index (Phi) is 9.57. The van der Waals surface area contributed by atoms with Gasteiger partial charge in [-0.3, -0.25) is 9.59 Å². The van der Waals surface area contributed by atoms with Crippen LogP contribution in [0.4, 0.5) is 0 Å². The highest BCUT2D eigenvalue weighted by Gasteiger charge is 2.04. The molecule has 0 fully saturated rings. The number of unbranched alkanes of at least 4 members (excludes halogenated alkanes) is 3. The third kappa shape index (κ3) is 8.14. The molecule has 0 bridgehead atoms. The first-order chi connectivity index (χ1) is 13.6. The molecule has 0 saturated carbocycles. The second-order valence-electron chi connectivity index (χ2n) is 6.33. The molecule has 2 heterocycles. The van der Waals surface area contributed by atoms with Gasteiger partial charge >= 0.3 is 0 Å². The summed E-state index contributed by atoms with van der Waals surface area (Å²) >= 11 is 3.19. The van der Waals surface area contributed by atoms with Gasteiger partial charge < -0.3 is 0 Å². The molecule has 0 aliphatic rings. The molecule has 0 atom stereocenters. The molecular weight excluding hydrogens is 392 g/mol. The molecule has 6 nitrogen and oxygen atoms in total. The molecule has 2 rings (SSSR count). The third-order valence-corrected chi connectivity index (χ3v) is 5.97. The molecule has 0 spiro atoms. The van der Waals surface area contributed by atoms with Crippen molar-refractivity contribution >= 4 is 45.9 Å². The normalized spacial score (nSPS) is 12.1. The number of nitrogens with one attached hydrogen (secondary N) is 2. The molecule has 2 aromatic heterocycles. The number of amides is 2. The number of rotatable bonds is 11. The maximum atomic E-state index is 11.8. The van der Waals surface area contributed by atoms with Gasteiger partial charge in [-0.05, 0) is 49.6 Å². The smallest absolute Gasteiger partial charge is 0.240 e. The van der Waals surface area contributed by atoms with E-state index in [-0.39, 0.29) is 11.8 Å². The second kappa shape index (κ2) is 12.2. The van der Waals surface area contributed by atoms with Crippen molar-refractivity contribution in [2.75, 3.05) is 0 Å². The summed E-state index contributed by atoms with van der Waals surface area (Å²) in [6, 6.07) is 7.86. The molecule has 150 valence electrons. The van der Waals surface area contributed by atoms with Gasteiger partial charge in [0.2, 0.25) is 11.8 Å². The highest BCUT2D eigenvalue weighted by atomic mass is 32.1. The number of hydrogen-bond acceptors (Lipinski definition) is 6. The molecule has 0 unspecified atom stereocenters. The Morgan fingerprint density at radius 3 is 1.57 bits per heavy atom. The summed E-state index contributed by atoms with van der Waals surface area (Å²) < 4.78 is 0. The summed E-state index contributed by atoms with van der Waals surface area (Å²) in [4.78, 5) is 25.7. The fourth-order valence-electron chi connectivity index (χ4n) is 2.41. The first kappa shape index (κ1) is 22.0. The minimum absolute atomic E-state index is 0.0768. The minimum atomic E-state index is -0.0768.